The van der Waals surface area contributed by atoms with Crippen LogP contribution in [0.25, 0.3) is 159 Å². The fourth-order valence-corrected chi connectivity index (χ4v) is 20.9. The second-order valence-electron chi connectivity index (χ2n) is 36.3. The van der Waals surface area contributed by atoms with E-state index < -0.39 is 0 Å². The Bertz CT molecular complexity index is 8590. The van der Waals surface area contributed by atoms with Crippen molar-refractivity contribution in [2.75, 3.05) is 19.6 Å². The van der Waals surface area contributed by atoms with Gasteiger partial charge in [0, 0.05) is 84.1 Å². The lowest BCUT2D eigenvalue weighted by Crippen LogP contribution is -2.10. The monoisotopic (exact) mass is 1880 g/mol. The first-order valence-electron chi connectivity index (χ1n) is 49.5. The summed E-state index contributed by atoms with van der Waals surface area (Å²) in [6.07, 6.45) is 0. The normalized spacial score (nSPS) is 11.1. The van der Waals surface area contributed by atoms with E-state index in [1.165, 1.54) is 159 Å². The fourth-order valence-electron chi connectivity index (χ4n) is 20.9. The molecule has 0 aliphatic rings. The molecule has 1 heterocycles. The Balaban J connectivity index is 0.000000121. The van der Waals surface area contributed by atoms with Gasteiger partial charge in [0.25, 0.3) is 7.98 Å². The van der Waals surface area contributed by atoms with Gasteiger partial charge in [0.2, 0.25) is 0 Å². The van der Waals surface area contributed by atoms with Crippen LogP contribution in [0.2, 0.25) is 0 Å². The van der Waals surface area contributed by atoms with E-state index in [1.54, 1.807) is 0 Å². The third-order valence-corrected chi connectivity index (χ3v) is 27.7. The van der Waals surface area contributed by atoms with Gasteiger partial charge >= 0.3 is 0 Å². The van der Waals surface area contributed by atoms with Crippen molar-refractivity contribution < 1.29 is 0 Å². The summed E-state index contributed by atoms with van der Waals surface area (Å²) in [5.74, 6) is 0. The molecule has 26 rings (SSSR count). The summed E-state index contributed by atoms with van der Waals surface area (Å²) in [7, 11) is 6.97. The zero-order chi connectivity index (χ0) is 97.9. The molecule has 0 spiro atoms. The summed E-state index contributed by atoms with van der Waals surface area (Å²) in [6, 6.07) is 211. The largest absolute Gasteiger partial charge is 0.344 e. The quantitative estimate of drug-likeness (QED) is 0.0459. The summed E-state index contributed by atoms with van der Waals surface area (Å²) < 4.78 is 5.18. The zero-order valence-corrected chi connectivity index (χ0v) is 81.3. The molecule has 0 amide bonds. The van der Waals surface area contributed by atoms with Crippen LogP contribution in [0.3, 0.4) is 0 Å². The highest BCUT2D eigenvalue weighted by Gasteiger charge is 2.24. The maximum Gasteiger partial charge on any atom is 0.265 e. The van der Waals surface area contributed by atoms with Crippen LogP contribution in [0.5, 0.6) is 0 Å². The van der Waals surface area contributed by atoms with E-state index in [-0.39, 0.29) is 0 Å². The van der Waals surface area contributed by atoms with E-state index in [0.717, 1.165) is 68.2 Å². The Hall–Kier alpha value is -18.8. The van der Waals surface area contributed by atoms with Gasteiger partial charge in [-0.15, -0.1) is 0 Å². The van der Waals surface area contributed by atoms with Crippen LogP contribution in [0.4, 0.5) is 68.2 Å². The predicted molar refractivity (Wildman–Crippen MR) is 627 cm³/mol. The van der Waals surface area contributed by atoms with Crippen LogP contribution in [0.1, 0.15) is 0 Å². The summed E-state index contributed by atoms with van der Waals surface area (Å²) in [5, 5.41) is 17.6. The predicted octanol–water partition coefficient (Wildman–Crippen LogP) is 39.4. The number of hydrogen-bond donors (Lipinski definition) is 0. The SMILES string of the molecule is [B]N=P.c1ccc(-c2c3ccccc3c(-c3ccc(-n4c5ccccc5c5ccccc54)cc3)c3ccccc23)cc1.c1ccc(N(c2ccc(-c3ccc(N(c4ccccc4)c4ccc(-c5cccc6ccccc56)cc4)cc3)cc2)c2ccc(-c3cccc4ccccc34)cc2)cc1.c1ccc(N(c2ccc(-c3ccc(N(c4ccccc4)c4cccc5ccccc45)cc3)cc2)c2cccc3ccccc23)cc1. The van der Waals surface area contributed by atoms with Crippen LogP contribution < -0.4 is 19.6 Å². The maximum absolute atomic E-state index is 4.39. The molecule has 2 radical (unpaired) electrons. The topological polar surface area (TPSA) is 30.3 Å². The highest BCUT2D eigenvalue weighted by molar-refractivity contribution is 7.05. The van der Waals surface area contributed by atoms with Crippen molar-refractivity contribution in [2.45, 2.75) is 0 Å². The van der Waals surface area contributed by atoms with Gasteiger partial charge in [0.05, 0.1) is 22.4 Å². The minimum atomic E-state index is 1.10. The third kappa shape index (κ3) is 18.5. The van der Waals surface area contributed by atoms with Gasteiger partial charge in [-0.25, -0.2) is 0 Å². The van der Waals surface area contributed by atoms with Gasteiger partial charge in [-0.1, -0.05) is 431 Å². The first kappa shape index (κ1) is 91.0. The first-order chi connectivity index (χ1) is 72.4. The molecule has 1 aromatic heterocycles. The van der Waals surface area contributed by atoms with Crippen molar-refractivity contribution in [3.63, 3.8) is 0 Å². The van der Waals surface area contributed by atoms with Crippen molar-refractivity contribution in [2.24, 2.45) is 4.66 Å². The lowest BCUT2D eigenvalue weighted by atomic mass is 9.86. The molecule has 0 unspecified atom stereocenters. The molecule has 8 heteroatoms. The molecule has 0 fully saturated rings. The molecular formula is C138H98BN6P. The van der Waals surface area contributed by atoms with Crippen LogP contribution in [0.15, 0.2) is 593 Å². The molecule has 6 nitrogen and oxygen atoms in total. The van der Waals surface area contributed by atoms with E-state index in [9.17, 15) is 0 Å². The highest BCUT2D eigenvalue weighted by Crippen LogP contribution is 2.49. The number of para-hydroxylation sites is 6. The Morgan fingerprint density at radius 1 is 0.158 bits per heavy atom. The zero-order valence-electron chi connectivity index (χ0n) is 80.3. The molecule has 0 N–H and O–H groups in total. The van der Waals surface area contributed by atoms with Crippen LogP contribution >= 0.6 is 9.03 Å². The van der Waals surface area contributed by atoms with Crippen molar-refractivity contribution in [1.82, 2.24) is 4.57 Å². The Morgan fingerprint density at radius 2 is 0.363 bits per heavy atom. The molecular weight excluding hydrogens is 1780 g/mol. The van der Waals surface area contributed by atoms with Gasteiger partial charge in [0.15, 0.2) is 0 Å². The minimum Gasteiger partial charge on any atom is -0.344 e. The van der Waals surface area contributed by atoms with Gasteiger partial charge in [-0.05, 0) is 287 Å². The molecule has 0 saturated carbocycles. The number of nitrogens with zero attached hydrogens (tertiary/aromatic N) is 6. The summed E-state index contributed by atoms with van der Waals surface area (Å²) in [6.45, 7) is 0. The molecule has 0 bridgehead atoms. The smallest absolute Gasteiger partial charge is 0.265 e. The van der Waals surface area contributed by atoms with Gasteiger partial charge < -0.3 is 28.8 Å². The van der Waals surface area contributed by atoms with Crippen LogP contribution in [-0.2, 0) is 0 Å². The molecule has 146 heavy (non-hydrogen) atoms. The van der Waals surface area contributed by atoms with E-state index in [4.69, 9.17) is 0 Å². The van der Waals surface area contributed by atoms with Crippen LogP contribution in [-0.4, -0.2) is 12.5 Å². The molecule has 688 valence electrons. The maximum atomic E-state index is 4.39. The van der Waals surface area contributed by atoms with E-state index >= 15 is 0 Å². The Morgan fingerprint density at radius 3 is 0.678 bits per heavy atom. The number of anilines is 12. The third-order valence-electron chi connectivity index (χ3n) is 27.7. The fraction of sp³-hybridized carbons (Fsp3) is 0. The van der Waals surface area contributed by atoms with Crippen molar-refractivity contribution in [1.29, 1.82) is 0 Å². The van der Waals surface area contributed by atoms with Crippen molar-refractivity contribution in [3.05, 3.63) is 588 Å². The summed E-state index contributed by atoms with van der Waals surface area (Å²) >= 11 is 0. The summed E-state index contributed by atoms with van der Waals surface area (Å²) in [5.41, 5.74) is 31.8. The number of aromatic nitrogens is 1. The molecule has 0 saturated heterocycles. The number of rotatable bonds is 19. The first-order valence-corrected chi connectivity index (χ1v) is 49.9. The van der Waals surface area contributed by atoms with E-state index in [1.807, 2.05) is 0 Å². The molecule has 0 atom stereocenters. The molecule has 0 aliphatic heterocycles. The van der Waals surface area contributed by atoms with Gasteiger partial charge in [-0.2, -0.15) is 0 Å². The molecule has 0 aliphatic carbocycles. The van der Waals surface area contributed by atoms with E-state index in [2.05, 4.69) is 634 Å². The molecule has 26 aromatic rings. The Labute approximate surface area is 855 Å². The van der Waals surface area contributed by atoms with Crippen molar-refractivity contribution in [3.8, 4) is 72.4 Å². The van der Waals surface area contributed by atoms with Crippen molar-refractivity contribution >= 4 is 172 Å². The van der Waals surface area contributed by atoms with Gasteiger partial charge in [-0.3, -0.25) is 0 Å². The number of benzene rings is 25. The average molecular weight is 1880 g/mol. The van der Waals surface area contributed by atoms with Gasteiger partial charge in [0.1, 0.15) is 0 Å². The number of fused-ring (bicyclic) bond motifs is 9. The average Bonchev–Trinajstić information content (AvgIpc) is 1.07. The summed E-state index contributed by atoms with van der Waals surface area (Å²) in [4.78, 5) is 9.33. The molecule has 25 aromatic carbocycles. The van der Waals surface area contributed by atoms with E-state index in [0.29, 0.717) is 0 Å². The van der Waals surface area contributed by atoms with Crippen LogP contribution in [0, 0.1) is 0 Å². The second kappa shape index (κ2) is 41.9. The minimum absolute atomic E-state index is 1.10. The lowest BCUT2D eigenvalue weighted by molar-refractivity contribution is 1.18. The second-order valence-corrected chi connectivity index (χ2v) is 36.5. The standard InChI is InChI=1S/C56H40N2.C44H32N2.C38H25N.BHNP/c1-3-17-47(18-4-1)57(51-37-29-45(30-38-51)55-23-11-15-43-13-7-9-21-53(43)55)49-33-25-41(26-34-49)42-27-35-50(36-28-42)58(48-19-5-2-6-20-48)52-39-31-46(32-40-52)56-24-12-16-44-14-8-10-22-54(44)56;1-3-17-37(18-4-1)45(43-23-11-15-35-13-7-9-21-41(35)43)39-29-25-33(26-30-39)34-27-31-40(32-28-34)46(38-19-5-2-6-20-38)44-24-12-16-36-14-8-10-22-42(36)44;1-2-12-26(13-3-1)37-31-16-4-6-18-33(31)38(34-19-7-5-17-32(34)37)27-22-24-28(25-23-27)39-35-20-10-8-14-29(35)30-15-9-11-21-36(30)39;1-2-3/h1-40H;1-32H;1-25H;3H. The number of hydrogen-bond acceptors (Lipinski definition) is 5. The lowest BCUT2D eigenvalue weighted by Gasteiger charge is -2.27. The Kier molecular flexibility index (Phi) is 26.2. The highest BCUT2D eigenvalue weighted by atomic mass is 31.0.